The predicted octanol–water partition coefficient (Wildman–Crippen LogP) is 5.05. The first-order chi connectivity index (χ1) is 18.5. The molecule has 2 amide bonds. The van der Waals surface area contributed by atoms with E-state index in [9.17, 15) is 9.59 Å². The number of para-hydroxylation sites is 1. The van der Waals surface area contributed by atoms with Crippen LogP contribution < -0.4 is 30.4 Å². The van der Waals surface area contributed by atoms with E-state index in [2.05, 4.69) is 23.1 Å². The van der Waals surface area contributed by atoms with E-state index in [4.69, 9.17) is 26.4 Å². The fourth-order valence-electron chi connectivity index (χ4n) is 3.38. The van der Waals surface area contributed by atoms with Gasteiger partial charge in [0.2, 0.25) is 0 Å². The molecule has 3 aromatic rings. The topological polar surface area (TPSA) is 97.9 Å². The van der Waals surface area contributed by atoms with E-state index in [1.165, 1.54) is 12.8 Å². The number of hydrogen-bond donors (Lipinski definition) is 3. The van der Waals surface area contributed by atoms with Crippen molar-refractivity contribution in [1.29, 1.82) is 0 Å². The van der Waals surface area contributed by atoms with Gasteiger partial charge in [-0.1, -0.05) is 50.5 Å². The zero-order valence-electron chi connectivity index (χ0n) is 21.4. The SMILES string of the molecule is CCCCCCOc1ccc(C(=O)NNC(=S)NC(=O)c2cccc(OCCOc3ccccc3)c2)cc1. The van der Waals surface area contributed by atoms with Crippen LogP contribution >= 0.6 is 12.2 Å². The van der Waals surface area contributed by atoms with Gasteiger partial charge in [0.15, 0.2) is 5.11 Å². The zero-order chi connectivity index (χ0) is 27.0. The lowest BCUT2D eigenvalue weighted by atomic mass is 10.2. The van der Waals surface area contributed by atoms with Crippen LogP contribution in [0.2, 0.25) is 0 Å². The van der Waals surface area contributed by atoms with Crippen molar-refractivity contribution in [2.24, 2.45) is 0 Å². The van der Waals surface area contributed by atoms with Crippen LogP contribution in [0.5, 0.6) is 17.2 Å². The molecule has 0 bridgehead atoms. The Hall–Kier alpha value is -4.11. The van der Waals surface area contributed by atoms with Crippen LogP contribution in [0.4, 0.5) is 0 Å². The van der Waals surface area contributed by atoms with Crippen LogP contribution in [0.3, 0.4) is 0 Å². The summed E-state index contributed by atoms with van der Waals surface area (Å²) in [6, 6.07) is 23.0. The first-order valence-corrected chi connectivity index (χ1v) is 13.0. The predicted molar refractivity (Wildman–Crippen MR) is 151 cm³/mol. The molecule has 3 rings (SSSR count). The molecule has 0 aliphatic heterocycles. The third kappa shape index (κ3) is 10.1. The number of carbonyl (C=O) groups is 2. The van der Waals surface area contributed by atoms with Gasteiger partial charge in [0, 0.05) is 11.1 Å². The summed E-state index contributed by atoms with van der Waals surface area (Å²) in [5.74, 6) is 1.16. The third-order valence-corrected chi connectivity index (χ3v) is 5.56. The summed E-state index contributed by atoms with van der Waals surface area (Å²) in [4.78, 5) is 25.0. The number of thiocarbonyl (C=S) groups is 1. The molecular formula is C29H33N3O5S. The molecule has 8 nitrogen and oxygen atoms in total. The van der Waals surface area contributed by atoms with Crippen molar-refractivity contribution >= 4 is 29.1 Å². The number of hydrogen-bond acceptors (Lipinski definition) is 6. The molecule has 0 aromatic heterocycles. The van der Waals surface area contributed by atoms with Gasteiger partial charge in [-0.3, -0.25) is 25.8 Å². The fourth-order valence-corrected chi connectivity index (χ4v) is 3.52. The minimum absolute atomic E-state index is 0.0436. The molecule has 3 aromatic carbocycles. The molecular weight excluding hydrogens is 502 g/mol. The number of carbonyl (C=O) groups excluding carboxylic acids is 2. The average Bonchev–Trinajstić information content (AvgIpc) is 2.95. The molecule has 0 radical (unpaired) electrons. The van der Waals surface area contributed by atoms with Crippen LogP contribution in [-0.4, -0.2) is 36.7 Å². The van der Waals surface area contributed by atoms with E-state index in [1.807, 2.05) is 30.3 Å². The molecule has 0 saturated heterocycles. The lowest BCUT2D eigenvalue weighted by Gasteiger charge is -2.12. The Morgan fingerprint density at radius 3 is 2.05 bits per heavy atom. The molecule has 0 unspecified atom stereocenters. The van der Waals surface area contributed by atoms with Gasteiger partial charge in [-0.05, 0) is 73.2 Å². The summed E-state index contributed by atoms with van der Waals surface area (Å²) in [7, 11) is 0. The summed E-state index contributed by atoms with van der Waals surface area (Å²) in [6.07, 6.45) is 4.52. The van der Waals surface area contributed by atoms with Crippen molar-refractivity contribution in [1.82, 2.24) is 16.2 Å². The van der Waals surface area contributed by atoms with Gasteiger partial charge < -0.3 is 14.2 Å². The summed E-state index contributed by atoms with van der Waals surface area (Å²) >= 11 is 5.14. The molecule has 0 aliphatic carbocycles. The molecule has 0 saturated carbocycles. The monoisotopic (exact) mass is 535 g/mol. The van der Waals surface area contributed by atoms with Crippen molar-refractivity contribution in [2.75, 3.05) is 19.8 Å². The highest BCUT2D eigenvalue weighted by Gasteiger charge is 2.11. The molecule has 0 spiro atoms. The molecule has 0 aliphatic rings. The van der Waals surface area contributed by atoms with E-state index >= 15 is 0 Å². The number of unbranched alkanes of at least 4 members (excludes halogenated alkanes) is 3. The number of rotatable bonds is 13. The summed E-state index contributed by atoms with van der Waals surface area (Å²) in [5.41, 5.74) is 5.80. The molecule has 0 heterocycles. The zero-order valence-corrected chi connectivity index (χ0v) is 22.2. The highest BCUT2D eigenvalue weighted by molar-refractivity contribution is 7.80. The second-order valence-corrected chi connectivity index (χ2v) is 8.74. The van der Waals surface area contributed by atoms with E-state index in [0.29, 0.717) is 42.4 Å². The van der Waals surface area contributed by atoms with Crippen molar-refractivity contribution in [3.8, 4) is 17.2 Å². The van der Waals surface area contributed by atoms with Crippen LogP contribution in [-0.2, 0) is 0 Å². The Bertz CT molecular complexity index is 1170. The van der Waals surface area contributed by atoms with E-state index in [1.54, 1.807) is 48.5 Å². The van der Waals surface area contributed by atoms with Gasteiger partial charge in [-0.15, -0.1) is 0 Å². The van der Waals surface area contributed by atoms with E-state index in [-0.39, 0.29) is 5.11 Å². The van der Waals surface area contributed by atoms with Crippen LogP contribution in [0, 0.1) is 0 Å². The van der Waals surface area contributed by atoms with Gasteiger partial charge in [0.1, 0.15) is 30.5 Å². The number of hydrazine groups is 1. The normalized spacial score (nSPS) is 10.2. The number of benzene rings is 3. The van der Waals surface area contributed by atoms with Gasteiger partial charge in [0.25, 0.3) is 11.8 Å². The maximum Gasteiger partial charge on any atom is 0.269 e. The van der Waals surface area contributed by atoms with Crippen molar-refractivity contribution in [3.63, 3.8) is 0 Å². The minimum Gasteiger partial charge on any atom is -0.494 e. The van der Waals surface area contributed by atoms with Gasteiger partial charge in [-0.25, -0.2) is 0 Å². The first-order valence-electron chi connectivity index (χ1n) is 12.6. The smallest absolute Gasteiger partial charge is 0.269 e. The van der Waals surface area contributed by atoms with Gasteiger partial charge >= 0.3 is 0 Å². The Morgan fingerprint density at radius 2 is 1.32 bits per heavy atom. The largest absolute Gasteiger partial charge is 0.494 e. The van der Waals surface area contributed by atoms with E-state index < -0.39 is 11.8 Å². The second-order valence-electron chi connectivity index (χ2n) is 8.33. The van der Waals surface area contributed by atoms with Crippen molar-refractivity contribution < 1.29 is 23.8 Å². The molecule has 0 atom stereocenters. The molecule has 0 fully saturated rings. The Labute approximate surface area is 228 Å². The lowest BCUT2D eigenvalue weighted by molar-refractivity contribution is 0.0934. The summed E-state index contributed by atoms with van der Waals surface area (Å²) in [6.45, 7) is 3.50. The highest BCUT2D eigenvalue weighted by Crippen LogP contribution is 2.15. The van der Waals surface area contributed by atoms with Crippen molar-refractivity contribution in [3.05, 3.63) is 90.0 Å². The fraction of sp³-hybridized carbons (Fsp3) is 0.276. The summed E-state index contributed by atoms with van der Waals surface area (Å²) in [5, 5.41) is 2.49. The van der Waals surface area contributed by atoms with Gasteiger partial charge in [-0.2, -0.15) is 0 Å². The molecule has 38 heavy (non-hydrogen) atoms. The quantitative estimate of drug-likeness (QED) is 0.160. The third-order valence-electron chi connectivity index (χ3n) is 5.36. The van der Waals surface area contributed by atoms with E-state index in [0.717, 1.165) is 18.6 Å². The average molecular weight is 536 g/mol. The molecule has 9 heteroatoms. The Balaban J connectivity index is 1.37. The maximum absolute atomic E-state index is 12.6. The summed E-state index contributed by atoms with van der Waals surface area (Å²) < 4.78 is 17.0. The van der Waals surface area contributed by atoms with Crippen molar-refractivity contribution in [2.45, 2.75) is 32.6 Å². The lowest BCUT2D eigenvalue weighted by Crippen LogP contribution is -2.48. The van der Waals surface area contributed by atoms with Crippen LogP contribution in [0.1, 0.15) is 53.3 Å². The second kappa shape index (κ2) is 15.9. The number of ether oxygens (including phenoxy) is 3. The van der Waals surface area contributed by atoms with Gasteiger partial charge in [0.05, 0.1) is 6.61 Å². The maximum atomic E-state index is 12.6. The Morgan fingerprint density at radius 1 is 0.658 bits per heavy atom. The first kappa shape index (κ1) is 28.5. The molecule has 200 valence electrons. The minimum atomic E-state index is -0.442. The standard InChI is InChI=1S/C29H33N3O5S/c1-2-3-4-8-18-35-25-16-14-22(15-17-25)28(34)31-32-29(38)30-27(33)23-10-9-13-26(21-23)37-20-19-36-24-11-6-5-7-12-24/h5-7,9-17,21H,2-4,8,18-20H2,1H3,(H,31,34)(H2,30,32,33,38). The number of nitrogens with one attached hydrogen (secondary N) is 3. The van der Waals surface area contributed by atoms with Crippen LogP contribution in [0.15, 0.2) is 78.9 Å². The number of amides is 2. The highest BCUT2D eigenvalue weighted by atomic mass is 32.1. The van der Waals surface area contributed by atoms with Crippen LogP contribution in [0.25, 0.3) is 0 Å². The molecule has 3 N–H and O–H groups in total. The Kier molecular flexibility index (Phi) is 11.9.